The molecule has 0 fully saturated rings. The van der Waals surface area contributed by atoms with E-state index in [0.717, 1.165) is 0 Å². The van der Waals surface area contributed by atoms with Crippen LogP contribution in [0.25, 0.3) is 38.5 Å². The molecular formula is C25H18N+. The van der Waals surface area contributed by atoms with Crippen LogP contribution in [0.2, 0.25) is 0 Å². The fourth-order valence-electron chi connectivity index (χ4n) is 3.65. The molecule has 0 spiro atoms. The molecule has 1 heteroatoms. The van der Waals surface area contributed by atoms with Gasteiger partial charge in [-0.1, -0.05) is 78.9 Å². The van der Waals surface area contributed by atoms with Crippen molar-refractivity contribution in [1.29, 1.82) is 0 Å². The van der Waals surface area contributed by atoms with Gasteiger partial charge in [-0.15, -0.1) is 0 Å². The molecule has 1 nitrogen and oxygen atoms in total. The third-order valence-corrected chi connectivity index (χ3v) is 4.94. The van der Waals surface area contributed by atoms with Crippen molar-refractivity contribution in [1.82, 2.24) is 0 Å². The van der Waals surface area contributed by atoms with E-state index in [1.54, 1.807) is 0 Å². The number of nitrogens with zero attached hydrogens (tertiary/aromatic N) is 1. The summed E-state index contributed by atoms with van der Waals surface area (Å²) in [5, 5.41) is 2.53. The number of hydrogen-bond acceptors (Lipinski definition) is 0. The van der Waals surface area contributed by atoms with Crippen LogP contribution in [0, 0.1) is 0 Å². The van der Waals surface area contributed by atoms with Crippen LogP contribution in [-0.4, -0.2) is 0 Å². The van der Waals surface area contributed by atoms with E-state index >= 15 is 0 Å². The first-order valence-corrected chi connectivity index (χ1v) is 8.88. The fourth-order valence-corrected chi connectivity index (χ4v) is 3.65. The molecule has 122 valence electrons. The number of pyridine rings is 2. The zero-order valence-corrected chi connectivity index (χ0v) is 14.3. The quantitative estimate of drug-likeness (QED) is 0.279. The van der Waals surface area contributed by atoms with E-state index in [1.165, 1.54) is 38.5 Å². The smallest absolute Gasteiger partial charge is 0.166 e. The van der Waals surface area contributed by atoms with Gasteiger partial charge in [0.05, 0.1) is 10.9 Å². The topological polar surface area (TPSA) is 4.10 Å². The second-order valence-corrected chi connectivity index (χ2v) is 6.53. The Kier molecular flexibility index (Phi) is 3.50. The minimum Gasteiger partial charge on any atom is -0.166 e. The molecule has 0 atom stereocenters. The van der Waals surface area contributed by atoms with E-state index in [1.807, 2.05) is 0 Å². The van der Waals surface area contributed by atoms with Gasteiger partial charge in [-0.25, -0.2) is 0 Å². The van der Waals surface area contributed by atoms with Gasteiger partial charge in [0.1, 0.15) is 0 Å². The van der Waals surface area contributed by atoms with Crippen molar-refractivity contribution >= 4 is 16.3 Å². The lowest BCUT2D eigenvalue weighted by atomic mass is 9.95. The van der Waals surface area contributed by atoms with Crippen molar-refractivity contribution in [3.63, 3.8) is 0 Å². The predicted octanol–water partition coefficient (Wildman–Crippen LogP) is 5.91. The number of aromatic nitrogens is 1. The Morgan fingerprint density at radius 1 is 0.538 bits per heavy atom. The van der Waals surface area contributed by atoms with Gasteiger partial charge in [0, 0.05) is 17.7 Å². The van der Waals surface area contributed by atoms with E-state index in [-0.39, 0.29) is 0 Å². The van der Waals surface area contributed by atoms with Crippen molar-refractivity contribution in [2.45, 2.75) is 0 Å². The first-order chi connectivity index (χ1) is 12.9. The molecule has 0 aliphatic carbocycles. The standard InChI is InChI=1S/C25H18N/c1-3-9-19(10-4-1)23-17-25-22-14-8-7-13-21(22)15-16-26(25)18-24(23)20-11-5-2-6-12-20/h1-18H/q+1. The van der Waals surface area contributed by atoms with Crippen LogP contribution in [0.15, 0.2) is 109 Å². The first kappa shape index (κ1) is 14.9. The van der Waals surface area contributed by atoms with Crippen LogP contribution >= 0.6 is 0 Å². The van der Waals surface area contributed by atoms with E-state index in [4.69, 9.17) is 0 Å². The van der Waals surface area contributed by atoms with Crippen LogP contribution in [0.5, 0.6) is 0 Å². The van der Waals surface area contributed by atoms with Gasteiger partial charge in [-0.2, -0.15) is 4.40 Å². The van der Waals surface area contributed by atoms with Gasteiger partial charge < -0.3 is 0 Å². The Morgan fingerprint density at radius 3 is 1.88 bits per heavy atom. The average molecular weight is 332 g/mol. The summed E-state index contributed by atoms with van der Waals surface area (Å²) in [5.74, 6) is 0. The Morgan fingerprint density at radius 2 is 1.15 bits per heavy atom. The molecule has 0 saturated heterocycles. The number of benzene rings is 3. The first-order valence-electron chi connectivity index (χ1n) is 8.88. The van der Waals surface area contributed by atoms with E-state index in [0.29, 0.717) is 0 Å². The third kappa shape index (κ3) is 2.46. The van der Waals surface area contributed by atoms with Crippen molar-refractivity contribution in [3.05, 3.63) is 109 Å². The summed E-state index contributed by atoms with van der Waals surface area (Å²) >= 11 is 0. The fraction of sp³-hybridized carbons (Fsp3) is 0. The Labute approximate surface area is 152 Å². The number of rotatable bonds is 2. The summed E-state index contributed by atoms with van der Waals surface area (Å²) < 4.78 is 2.23. The summed E-state index contributed by atoms with van der Waals surface area (Å²) in [6.45, 7) is 0. The van der Waals surface area contributed by atoms with E-state index < -0.39 is 0 Å². The lowest BCUT2D eigenvalue weighted by molar-refractivity contribution is -0.510. The van der Waals surface area contributed by atoms with Gasteiger partial charge >= 0.3 is 0 Å². The van der Waals surface area contributed by atoms with Crippen LogP contribution < -0.4 is 4.40 Å². The van der Waals surface area contributed by atoms with E-state index in [2.05, 4.69) is 114 Å². The molecule has 0 aliphatic rings. The van der Waals surface area contributed by atoms with Crippen molar-refractivity contribution in [3.8, 4) is 22.3 Å². The molecule has 3 aromatic carbocycles. The molecule has 0 amide bonds. The number of hydrogen-bond donors (Lipinski definition) is 0. The highest BCUT2D eigenvalue weighted by molar-refractivity contribution is 5.96. The summed E-state index contributed by atoms with van der Waals surface area (Å²) in [5.41, 5.74) is 6.19. The molecule has 5 aromatic rings. The van der Waals surface area contributed by atoms with Gasteiger partial charge in [-0.05, 0) is 22.6 Å². The van der Waals surface area contributed by atoms with Gasteiger partial charge in [0.25, 0.3) is 0 Å². The highest BCUT2D eigenvalue weighted by Gasteiger charge is 2.16. The summed E-state index contributed by atoms with van der Waals surface area (Å²) in [7, 11) is 0. The lowest BCUT2D eigenvalue weighted by Gasteiger charge is -2.10. The molecule has 0 bridgehead atoms. The predicted molar refractivity (Wildman–Crippen MR) is 108 cm³/mol. The van der Waals surface area contributed by atoms with Crippen molar-refractivity contribution < 1.29 is 4.40 Å². The Bertz CT molecular complexity index is 1210. The highest BCUT2D eigenvalue weighted by Crippen LogP contribution is 2.33. The zero-order chi connectivity index (χ0) is 17.3. The van der Waals surface area contributed by atoms with Crippen LogP contribution in [0.3, 0.4) is 0 Å². The largest absolute Gasteiger partial charge is 0.219 e. The summed E-state index contributed by atoms with van der Waals surface area (Å²) in [4.78, 5) is 0. The zero-order valence-electron chi connectivity index (χ0n) is 14.3. The monoisotopic (exact) mass is 332 g/mol. The molecule has 0 unspecified atom stereocenters. The molecule has 0 aliphatic heterocycles. The Balaban J connectivity index is 1.90. The van der Waals surface area contributed by atoms with Gasteiger partial charge in [0.15, 0.2) is 12.4 Å². The van der Waals surface area contributed by atoms with Gasteiger partial charge in [-0.3, -0.25) is 0 Å². The second-order valence-electron chi connectivity index (χ2n) is 6.53. The molecule has 2 heterocycles. The average Bonchev–Trinajstić information content (AvgIpc) is 2.74. The summed E-state index contributed by atoms with van der Waals surface area (Å²) in [6, 6.07) is 34.3. The second kappa shape index (κ2) is 6.12. The molecular weight excluding hydrogens is 314 g/mol. The maximum absolute atomic E-state index is 2.32. The summed E-state index contributed by atoms with van der Waals surface area (Å²) in [6.07, 6.45) is 4.40. The van der Waals surface area contributed by atoms with Crippen LogP contribution in [-0.2, 0) is 0 Å². The molecule has 0 N–H and O–H groups in total. The van der Waals surface area contributed by atoms with Crippen LogP contribution in [0.4, 0.5) is 0 Å². The molecule has 26 heavy (non-hydrogen) atoms. The number of fused-ring (bicyclic) bond motifs is 3. The minimum absolute atomic E-state index is 1.22. The maximum atomic E-state index is 2.32. The Hall–Kier alpha value is -3.45. The van der Waals surface area contributed by atoms with Crippen molar-refractivity contribution in [2.24, 2.45) is 0 Å². The third-order valence-electron chi connectivity index (χ3n) is 4.94. The van der Waals surface area contributed by atoms with E-state index in [9.17, 15) is 0 Å². The van der Waals surface area contributed by atoms with Gasteiger partial charge in [0.2, 0.25) is 5.52 Å². The van der Waals surface area contributed by atoms with Crippen LogP contribution in [0.1, 0.15) is 0 Å². The normalized spacial score (nSPS) is 11.1. The molecule has 2 aromatic heterocycles. The highest BCUT2D eigenvalue weighted by atomic mass is 14.8. The SMILES string of the molecule is c1ccc(-c2cc3c4ccccc4cc[n+]3cc2-c2ccccc2)cc1. The molecule has 0 radical (unpaired) electrons. The maximum Gasteiger partial charge on any atom is 0.219 e. The molecule has 0 saturated carbocycles. The minimum atomic E-state index is 1.22. The molecule has 5 rings (SSSR count). The van der Waals surface area contributed by atoms with Crippen molar-refractivity contribution in [2.75, 3.05) is 0 Å². The lowest BCUT2D eigenvalue weighted by Crippen LogP contribution is -2.21.